The molecular formula is C17H25N3. The fourth-order valence-electron chi connectivity index (χ4n) is 5.70. The van der Waals surface area contributed by atoms with Gasteiger partial charge in [-0.1, -0.05) is 6.07 Å². The minimum absolute atomic E-state index is 0.425. The van der Waals surface area contributed by atoms with E-state index in [4.69, 9.17) is 5.84 Å². The molecule has 1 atom stereocenters. The molecule has 3 heteroatoms. The Balaban J connectivity index is 1.53. The SMILES string of the molecule is NNC(Cc1cccnc1)C1C2CC3CC(C2)CC1C3. The summed E-state index contributed by atoms with van der Waals surface area (Å²) >= 11 is 0. The molecule has 4 bridgehead atoms. The number of rotatable bonds is 4. The fourth-order valence-corrected chi connectivity index (χ4v) is 5.70. The molecule has 0 amide bonds. The van der Waals surface area contributed by atoms with E-state index in [1.54, 1.807) is 0 Å². The molecule has 4 aliphatic rings. The molecule has 4 aliphatic carbocycles. The number of pyridine rings is 1. The minimum Gasteiger partial charge on any atom is -0.271 e. The van der Waals surface area contributed by atoms with Crippen LogP contribution in [-0.2, 0) is 6.42 Å². The predicted molar refractivity (Wildman–Crippen MR) is 79.6 cm³/mol. The van der Waals surface area contributed by atoms with E-state index in [0.717, 1.165) is 36.0 Å². The van der Waals surface area contributed by atoms with Gasteiger partial charge >= 0.3 is 0 Å². The second kappa shape index (κ2) is 5.12. The van der Waals surface area contributed by atoms with Gasteiger partial charge in [0.15, 0.2) is 0 Å². The normalized spacial score (nSPS) is 40.0. The number of hydrogen-bond donors (Lipinski definition) is 2. The van der Waals surface area contributed by atoms with E-state index in [-0.39, 0.29) is 0 Å². The first-order valence-corrected chi connectivity index (χ1v) is 8.18. The van der Waals surface area contributed by atoms with Crippen molar-refractivity contribution in [2.75, 3.05) is 0 Å². The van der Waals surface area contributed by atoms with Crippen molar-refractivity contribution in [2.24, 2.45) is 35.4 Å². The van der Waals surface area contributed by atoms with E-state index in [9.17, 15) is 0 Å². The smallest absolute Gasteiger partial charge is 0.0300 e. The van der Waals surface area contributed by atoms with Crippen LogP contribution in [-0.4, -0.2) is 11.0 Å². The average Bonchev–Trinajstić information content (AvgIpc) is 2.46. The molecule has 3 nitrogen and oxygen atoms in total. The third kappa shape index (κ3) is 2.17. The summed E-state index contributed by atoms with van der Waals surface area (Å²) in [6, 6.07) is 4.63. The Morgan fingerprint density at radius 1 is 1.15 bits per heavy atom. The highest BCUT2D eigenvalue weighted by molar-refractivity contribution is 5.12. The van der Waals surface area contributed by atoms with Crippen molar-refractivity contribution in [3.05, 3.63) is 30.1 Å². The number of nitrogens with one attached hydrogen (secondary N) is 1. The Hall–Kier alpha value is -0.930. The van der Waals surface area contributed by atoms with Gasteiger partial charge in [-0.05, 0) is 79.7 Å². The molecule has 0 aliphatic heterocycles. The third-order valence-corrected chi connectivity index (χ3v) is 6.16. The van der Waals surface area contributed by atoms with Crippen molar-refractivity contribution in [2.45, 2.75) is 44.6 Å². The van der Waals surface area contributed by atoms with Crippen LogP contribution in [0, 0.1) is 29.6 Å². The number of hydrazine groups is 1. The molecule has 20 heavy (non-hydrogen) atoms. The van der Waals surface area contributed by atoms with Gasteiger partial charge in [-0.25, -0.2) is 0 Å². The third-order valence-electron chi connectivity index (χ3n) is 6.16. The zero-order chi connectivity index (χ0) is 13.5. The monoisotopic (exact) mass is 271 g/mol. The van der Waals surface area contributed by atoms with Crippen LogP contribution < -0.4 is 11.3 Å². The van der Waals surface area contributed by atoms with Gasteiger partial charge in [0.25, 0.3) is 0 Å². The van der Waals surface area contributed by atoms with Crippen molar-refractivity contribution in [1.82, 2.24) is 10.4 Å². The van der Waals surface area contributed by atoms with Crippen LogP contribution in [0.2, 0.25) is 0 Å². The summed E-state index contributed by atoms with van der Waals surface area (Å²) in [4.78, 5) is 4.24. The summed E-state index contributed by atoms with van der Waals surface area (Å²) in [6.07, 6.45) is 12.2. The molecule has 5 rings (SSSR count). The lowest BCUT2D eigenvalue weighted by atomic mass is 9.50. The molecule has 0 saturated heterocycles. The highest BCUT2D eigenvalue weighted by Crippen LogP contribution is 2.57. The lowest BCUT2D eigenvalue weighted by molar-refractivity contribution is -0.0517. The summed E-state index contributed by atoms with van der Waals surface area (Å²) < 4.78 is 0. The molecule has 0 aromatic carbocycles. The van der Waals surface area contributed by atoms with Crippen molar-refractivity contribution in [3.8, 4) is 0 Å². The summed E-state index contributed by atoms with van der Waals surface area (Å²) in [5.41, 5.74) is 4.46. The number of aromatic nitrogens is 1. The lowest BCUT2D eigenvalue weighted by Crippen LogP contribution is -2.55. The van der Waals surface area contributed by atoms with Crippen molar-refractivity contribution in [3.63, 3.8) is 0 Å². The van der Waals surface area contributed by atoms with Crippen LogP contribution in [0.15, 0.2) is 24.5 Å². The van der Waals surface area contributed by atoms with Gasteiger partial charge in [0, 0.05) is 18.4 Å². The predicted octanol–water partition coefficient (Wildman–Crippen LogP) is 2.53. The molecular weight excluding hydrogens is 246 g/mol. The van der Waals surface area contributed by atoms with Gasteiger partial charge in [-0.3, -0.25) is 16.3 Å². The second-order valence-corrected chi connectivity index (χ2v) is 7.35. The zero-order valence-electron chi connectivity index (χ0n) is 12.0. The molecule has 4 fully saturated rings. The topological polar surface area (TPSA) is 50.9 Å². The van der Waals surface area contributed by atoms with Gasteiger partial charge < -0.3 is 0 Å². The molecule has 0 spiro atoms. The molecule has 1 heterocycles. The molecule has 1 unspecified atom stereocenters. The van der Waals surface area contributed by atoms with Crippen LogP contribution in [0.25, 0.3) is 0 Å². The summed E-state index contributed by atoms with van der Waals surface area (Å²) in [7, 11) is 0. The van der Waals surface area contributed by atoms with Crippen LogP contribution in [0.5, 0.6) is 0 Å². The Labute approximate surface area is 121 Å². The zero-order valence-corrected chi connectivity index (χ0v) is 12.0. The number of nitrogens with zero attached hydrogens (tertiary/aromatic N) is 1. The highest BCUT2D eigenvalue weighted by Gasteiger charge is 2.50. The van der Waals surface area contributed by atoms with Gasteiger partial charge in [-0.2, -0.15) is 0 Å². The van der Waals surface area contributed by atoms with Crippen LogP contribution in [0.3, 0.4) is 0 Å². The lowest BCUT2D eigenvalue weighted by Gasteiger charge is -2.56. The van der Waals surface area contributed by atoms with Gasteiger partial charge in [0.05, 0.1) is 0 Å². The molecule has 108 valence electrons. The van der Waals surface area contributed by atoms with Gasteiger partial charge in [0.1, 0.15) is 0 Å². The molecule has 0 radical (unpaired) electrons. The largest absolute Gasteiger partial charge is 0.271 e. The summed E-state index contributed by atoms with van der Waals surface area (Å²) in [6.45, 7) is 0. The fraction of sp³-hybridized carbons (Fsp3) is 0.706. The van der Waals surface area contributed by atoms with E-state index in [1.165, 1.54) is 37.7 Å². The Morgan fingerprint density at radius 3 is 2.40 bits per heavy atom. The first-order chi connectivity index (χ1) is 9.83. The molecule has 4 saturated carbocycles. The standard InChI is InChI=1S/C17H25N3/c18-20-16(9-11-2-1-3-19-10-11)17-14-5-12-4-13(7-14)8-15(17)6-12/h1-3,10,12-17,20H,4-9,18H2. The second-order valence-electron chi connectivity index (χ2n) is 7.35. The first kappa shape index (κ1) is 12.8. The van der Waals surface area contributed by atoms with Crippen molar-refractivity contribution < 1.29 is 0 Å². The van der Waals surface area contributed by atoms with Crippen LogP contribution in [0.4, 0.5) is 0 Å². The highest BCUT2D eigenvalue weighted by atomic mass is 15.2. The van der Waals surface area contributed by atoms with E-state index in [1.807, 2.05) is 18.5 Å². The van der Waals surface area contributed by atoms with Crippen molar-refractivity contribution in [1.29, 1.82) is 0 Å². The van der Waals surface area contributed by atoms with Crippen molar-refractivity contribution >= 4 is 0 Å². The Kier molecular flexibility index (Phi) is 3.27. The van der Waals surface area contributed by atoms with E-state index >= 15 is 0 Å². The Bertz CT molecular complexity index is 431. The Morgan fingerprint density at radius 2 is 1.85 bits per heavy atom. The summed E-state index contributed by atoms with van der Waals surface area (Å²) in [5, 5.41) is 0. The molecule has 3 N–H and O–H groups in total. The number of hydrogen-bond acceptors (Lipinski definition) is 3. The quantitative estimate of drug-likeness (QED) is 0.653. The van der Waals surface area contributed by atoms with Gasteiger partial charge in [-0.15, -0.1) is 0 Å². The molecule has 1 aromatic rings. The van der Waals surface area contributed by atoms with Crippen LogP contribution in [0.1, 0.15) is 37.7 Å². The maximum Gasteiger partial charge on any atom is 0.0300 e. The molecule has 1 aromatic heterocycles. The first-order valence-electron chi connectivity index (χ1n) is 8.18. The van der Waals surface area contributed by atoms with Crippen LogP contribution >= 0.6 is 0 Å². The average molecular weight is 271 g/mol. The number of nitrogens with two attached hydrogens (primary N) is 1. The maximum absolute atomic E-state index is 5.93. The van der Waals surface area contributed by atoms with E-state index in [0.29, 0.717) is 6.04 Å². The van der Waals surface area contributed by atoms with E-state index < -0.39 is 0 Å². The summed E-state index contributed by atoms with van der Waals surface area (Å²) in [5.74, 6) is 10.6. The van der Waals surface area contributed by atoms with Gasteiger partial charge in [0.2, 0.25) is 0 Å². The maximum atomic E-state index is 5.93. The minimum atomic E-state index is 0.425. The van der Waals surface area contributed by atoms with E-state index in [2.05, 4.69) is 16.5 Å².